The Morgan fingerprint density at radius 1 is 1.15 bits per heavy atom. The van der Waals surface area contributed by atoms with E-state index in [1.165, 1.54) is 6.92 Å². The number of nitrogens with one attached hydrogen (secondary N) is 3. The Morgan fingerprint density at radius 3 is 2.48 bits per heavy atom. The van der Waals surface area contributed by atoms with Crippen molar-refractivity contribution >= 4 is 23.3 Å². The fourth-order valence-corrected chi connectivity index (χ4v) is 3.15. The van der Waals surface area contributed by atoms with E-state index in [1.54, 1.807) is 12.3 Å². The zero-order chi connectivity index (χ0) is 19.2. The first kappa shape index (κ1) is 18.8. The monoisotopic (exact) mass is 368 g/mol. The zero-order valence-electron chi connectivity index (χ0n) is 15.3. The van der Waals surface area contributed by atoms with Gasteiger partial charge < -0.3 is 15.6 Å². The minimum Gasteiger partial charge on any atom is -0.356 e. The molecular weight excluding hydrogens is 344 g/mol. The number of hydrogen-bond acceptors (Lipinski definition) is 4. The van der Waals surface area contributed by atoms with E-state index in [0.29, 0.717) is 17.8 Å². The van der Waals surface area contributed by atoms with Crippen LogP contribution in [0.1, 0.15) is 40.6 Å². The van der Waals surface area contributed by atoms with Gasteiger partial charge in [-0.15, -0.1) is 0 Å². The van der Waals surface area contributed by atoms with Crippen molar-refractivity contribution in [3.63, 3.8) is 0 Å². The van der Waals surface area contributed by atoms with Gasteiger partial charge in [-0.2, -0.15) is 0 Å². The third-order valence-electron chi connectivity index (χ3n) is 4.68. The highest BCUT2D eigenvalue weighted by atomic mass is 16.2. The molecule has 0 aliphatic carbocycles. The molecule has 1 saturated heterocycles. The lowest BCUT2D eigenvalue weighted by atomic mass is 10.0. The summed E-state index contributed by atoms with van der Waals surface area (Å²) in [6.07, 6.45) is 3.11. The number of H-pyrrole nitrogens is 1. The number of carbonyl (C=O) groups is 3. The molecule has 2 amide bonds. The zero-order valence-corrected chi connectivity index (χ0v) is 15.3. The number of piperidine rings is 1. The van der Waals surface area contributed by atoms with Crippen LogP contribution in [-0.4, -0.2) is 53.2 Å². The molecule has 0 atom stereocenters. The summed E-state index contributed by atoms with van der Waals surface area (Å²) >= 11 is 0. The van der Waals surface area contributed by atoms with Crippen LogP contribution in [0.25, 0.3) is 0 Å². The number of para-hydroxylation sites is 1. The molecule has 0 radical (unpaired) electrons. The molecule has 0 unspecified atom stereocenters. The van der Waals surface area contributed by atoms with E-state index < -0.39 is 0 Å². The van der Waals surface area contributed by atoms with E-state index >= 15 is 0 Å². The van der Waals surface area contributed by atoms with E-state index in [2.05, 4.69) is 20.5 Å². The summed E-state index contributed by atoms with van der Waals surface area (Å²) in [5.41, 5.74) is 1.68. The van der Waals surface area contributed by atoms with Crippen LogP contribution in [-0.2, 0) is 4.79 Å². The summed E-state index contributed by atoms with van der Waals surface area (Å²) in [4.78, 5) is 40.7. The van der Waals surface area contributed by atoms with Crippen molar-refractivity contribution < 1.29 is 14.4 Å². The summed E-state index contributed by atoms with van der Waals surface area (Å²) in [6.45, 7) is 3.30. The number of rotatable bonds is 6. The molecule has 27 heavy (non-hydrogen) atoms. The van der Waals surface area contributed by atoms with Crippen LogP contribution in [0.2, 0.25) is 0 Å². The van der Waals surface area contributed by atoms with E-state index in [1.807, 2.05) is 30.3 Å². The first-order valence-electron chi connectivity index (χ1n) is 9.09. The van der Waals surface area contributed by atoms with Gasteiger partial charge >= 0.3 is 0 Å². The number of likely N-dealkylation sites (tertiary alicyclic amines) is 1. The van der Waals surface area contributed by atoms with E-state index in [9.17, 15) is 14.4 Å². The van der Waals surface area contributed by atoms with Gasteiger partial charge in [-0.05, 0) is 38.0 Å². The van der Waals surface area contributed by atoms with E-state index in [-0.39, 0.29) is 23.6 Å². The van der Waals surface area contributed by atoms with Crippen molar-refractivity contribution in [1.82, 2.24) is 15.2 Å². The minimum absolute atomic E-state index is 0.0353. The molecule has 0 bridgehead atoms. The van der Waals surface area contributed by atoms with Crippen LogP contribution < -0.4 is 10.6 Å². The predicted molar refractivity (Wildman–Crippen MR) is 103 cm³/mol. The van der Waals surface area contributed by atoms with Crippen LogP contribution >= 0.6 is 0 Å². The van der Waals surface area contributed by atoms with Gasteiger partial charge in [0.15, 0.2) is 5.78 Å². The molecule has 1 aliphatic rings. The van der Waals surface area contributed by atoms with Crippen molar-refractivity contribution in [1.29, 1.82) is 0 Å². The number of nitrogens with zero attached hydrogens (tertiary/aromatic N) is 1. The summed E-state index contributed by atoms with van der Waals surface area (Å²) in [6, 6.07) is 11.0. The minimum atomic E-state index is -0.206. The fourth-order valence-electron chi connectivity index (χ4n) is 3.15. The Bertz CT molecular complexity index is 808. The van der Waals surface area contributed by atoms with Crippen molar-refractivity contribution in [2.75, 3.05) is 25.0 Å². The lowest BCUT2D eigenvalue weighted by molar-refractivity contribution is -0.117. The number of amides is 2. The molecule has 7 nitrogen and oxygen atoms in total. The van der Waals surface area contributed by atoms with Crippen molar-refractivity contribution in [2.45, 2.75) is 25.8 Å². The molecule has 2 heterocycles. The predicted octanol–water partition coefficient (Wildman–Crippen LogP) is 2.05. The highest BCUT2D eigenvalue weighted by Gasteiger charge is 2.23. The number of Topliss-reactive ketones (excluding diaryl/α,β-unsaturated/α-hetero) is 1. The second-order valence-electron chi connectivity index (χ2n) is 6.80. The number of aromatic amines is 1. The van der Waals surface area contributed by atoms with Gasteiger partial charge in [-0.3, -0.25) is 19.3 Å². The van der Waals surface area contributed by atoms with Crippen LogP contribution in [0.5, 0.6) is 0 Å². The first-order valence-corrected chi connectivity index (χ1v) is 9.09. The fraction of sp³-hybridized carbons (Fsp3) is 0.350. The highest BCUT2D eigenvalue weighted by Crippen LogP contribution is 2.12. The van der Waals surface area contributed by atoms with Gasteiger partial charge in [0.25, 0.3) is 5.91 Å². The normalized spacial score (nSPS) is 15.3. The van der Waals surface area contributed by atoms with Gasteiger partial charge in [0.05, 0.1) is 6.54 Å². The molecule has 0 saturated carbocycles. The van der Waals surface area contributed by atoms with E-state index in [0.717, 1.165) is 31.6 Å². The van der Waals surface area contributed by atoms with E-state index in [4.69, 9.17) is 0 Å². The first-order chi connectivity index (χ1) is 13.0. The van der Waals surface area contributed by atoms with Gasteiger partial charge in [0.2, 0.25) is 5.91 Å². The van der Waals surface area contributed by atoms with Gasteiger partial charge in [0.1, 0.15) is 5.69 Å². The Balaban J connectivity index is 1.42. The second kappa shape index (κ2) is 8.64. The number of hydrogen-bond donors (Lipinski definition) is 3. The standard InChI is InChI=1S/C20H24N4O3/c1-14(25)15-11-18(21-12-15)20(27)23-17-7-9-24(10-8-17)13-19(26)22-16-5-3-2-4-6-16/h2-6,11-12,17,21H,7-10,13H2,1H3,(H,22,26)(H,23,27). The summed E-state index contributed by atoms with van der Waals surface area (Å²) in [7, 11) is 0. The second-order valence-corrected chi connectivity index (χ2v) is 6.80. The quantitative estimate of drug-likeness (QED) is 0.680. The Hall–Kier alpha value is -2.93. The maximum atomic E-state index is 12.3. The van der Waals surface area contributed by atoms with Gasteiger partial charge in [-0.25, -0.2) is 0 Å². The molecule has 3 rings (SSSR count). The van der Waals surface area contributed by atoms with Crippen molar-refractivity contribution in [3.8, 4) is 0 Å². The largest absolute Gasteiger partial charge is 0.356 e. The lowest BCUT2D eigenvalue weighted by Crippen LogP contribution is -2.46. The van der Waals surface area contributed by atoms with Crippen molar-refractivity contribution in [2.24, 2.45) is 0 Å². The summed E-state index contributed by atoms with van der Waals surface area (Å²) < 4.78 is 0. The molecule has 1 fully saturated rings. The maximum absolute atomic E-state index is 12.3. The molecule has 0 spiro atoms. The van der Waals surface area contributed by atoms with Gasteiger partial charge in [0, 0.05) is 36.6 Å². The third-order valence-corrected chi connectivity index (χ3v) is 4.68. The Labute approximate surface area is 158 Å². The molecule has 3 N–H and O–H groups in total. The SMILES string of the molecule is CC(=O)c1c[nH]c(C(=O)NC2CCN(CC(=O)Nc3ccccc3)CC2)c1. The summed E-state index contributed by atoms with van der Waals surface area (Å²) in [5.74, 6) is -0.318. The lowest BCUT2D eigenvalue weighted by Gasteiger charge is -2.31. The average molecular weight is 368 g/mol. The molecule has 142 valence electrons. The van der Waals surface area contributed by atoms with Crippen LogP contribution in [0.4, 0.5) is 5.69 Å². The molecule has 1 aromatic heterocycles. The molecule has 1 aliphatic heterocycles. The number of carbonyl (C=O) groups excluding carboxylic acids is 3. The maximum Gasteiger partial charge on any atom is 0.267 e. The topological polar surface area (TPSA) is 94.3 Å². The molecular formula is C20H24N4O3. The highest BCUT2D eigenvalue weighted by molar-refractivity contribution is 5.99. The van der Waals surface area contributed by atoms with Crippen LogP contribution in [0.3, 0.4) is 0 Å². The number of aromatic nitrogens is 1. The molecule has 7 heteroatoms. The van der Waals surface area contributed by atoms with Gasteiger partial charge in [-0.1, -0.05) is 18.2 Å². The van der Waals surface area contributed by atoms with Crippen molar-refractivity contribution in [3.05, 3.63) is 53.9 Å². The van der Waals surface area contributed by atoms with Crippen LogP contribution in [0, 0.1) is 0 Å². The number of anilines is 1. The Morgan fingerprint density at radius 2 is 1.85 bits per heavy atom. The van der Waals surface area contributed by atoms with Crippen LogP contribution in [0.15, 0.2) is 42.6 Å². The number of ketones is 1. The Kier molecular flexibility index (Phi) is 6.03. The number of benzene rings is 1. The smallest absolute Gasteiger partial charge is 0.267 e. The summed E-state index contributed by atoms with van der Waals surface area (Å²) in [5, 5.41) is 5.88. The third kappa shape index (κ3) is 5.27. The average Bonchev–Trinajstić information content (AvgIpc) is 3.15. The molecule has 2 aromatic rings. The molecule has 1 aromatic carbocycles.